The Morgan fingerprint density at radius 2 is 2.44 bits per heavy atom. The standard InChI is InChI=1S/C11H16N2O3S2/c1-13-3-4-17-6-8(13)10-12-7(5-16-2)9(18-10)11(14)15/h8H,3-6H2,1-2H3,(H,14,15). The van der Waals surface area contributed by atoms with Gasteiger partial charge in [0.05, 0.1) is 18.3 Å². The van der Waals surface area contributed by atoms with Gasteiger partial charge < -0.3 is 9.84 Å². The third kappa shape index (κ3) is 2.85. The first-order valence-corrected chi connectivity index (χ1v) is 7.60. The molecule has 1 aromatic heterocycles. The van der Waals surface area contributed by atoms with E-state index in [-0.39, 0.29) is 12.6 Å². The van der Waals surface area contributed by atoms with E-state index >= 15 is 0 Å². The van der Waals surface area contributed by atoms with Gasteiger partial charge in [0.1, 0.15) is 9.88 Å². The highest BCUT2D eigenvalue weighted by molar-refractivity contribution is 7.99. The second kappa shape index (κ2) is 6.01. The van der Waals surface area contributed by atoms with Gasteiger partial charge in [-0.05, 0) is 7.05 Å². The second-order valence-corrected chi connectivity index (χ2v) is 6.32. The third-order valence-electron chi connectivity index (χ3n) is 2.87. The molecule has 1 aliphatic rings. The molecule has 2 heterocycles. The Morgan fingerprint density at radius 1 is 1.67 bits per heavy atom. The summed E-state index contributed by atoms with van der Waals surface area (Å²) in [4.78, 5) is 18.2. The van der Waals surface area contributed by atoms with Crippen LogP contribution in [0.25, 0.3) is 0 Å². The maximum Gasteiger partial charge on any atom is 0.347 e. The van der Waals surface area contributed by atoms with Crippen molar-refractivity contribution in [1.29, 1.82) is 0 Å². The van der Waals surface area contributed by atoms with Gasteiger partial charge in [-0.3, -0.25) is 4.90 Å². The molecule has 1 fully saturated rings. The summed E-state index contributed by atoms with van der Waals surface area (Å²) in [6.45, 7) is 1.26. The third-order valence-corrected chi connectivity index (χ3v) is 5.08. The maximum atomic E-state index is 11.2. The molecule has 100 valence electrons. The van der Waals surface area contributed by atoms with E-state index in [9.17, 15) is 4.79 Å². The smallest absolute Gasteiger partial charge is 0.347 e. The number of carbonyl (C=O) groups is 1. The Hall–Kier alpha value is -0.630. The van der Waals surface area contributed by atoms with Gasteiger partial charge in [0.25, 0.3) is 0 Å². The van der Waals surface area contributed by atoms with Crippen molar-refractivity contribution in [3.8, 4) is 0 Å². The predicted octanol–water partition coefficient (Wildman–Crippen LogP) is 1.71. The fourth-order valence-electron chi connectivity index (χ4n) is 1.86. The summed E-state index contributed by atoms with van der Waals surface area (Å²) >= 11 is 3.16. The lowest BCUT2D eigenvalue weighted by molar-refractivity contribution is 0.0697. The van der Waals surface area contributed by atoms with Crippen molar-refractivity contribution in [3.05, 3.63) is 15.6 Å². The summed E-state index contributed by atoms with van der Waals surface area (Å²) in [5, 5.41) is 10.0. The molecule has 1 aromatic rings. The van der Waals surface area contributed by atoms with Crippen LogP contribution in [0.4, 0.5) is 0 Å². The number of ether oxygens (including phenoxy) is 1. The van der Waals surface area contributed by atoms with Crippen molar-refractivity contribution in [1.82, 2.24) is 9.88 Å². The number of aromatic nitrogens is 1. The van der Waals surface area contributed by atoms with Crippen LogP contribution in [-0.4, -0.2) is 53.2 Å². The number of hydrogen-bond acceptors (Lipinski definition) is 6. The Bertz CT molecular complexity index is 436. The maximum absolute atomic E-state index is 11.2. The molecule has 0 aliphatic carbocycles. The largest absolute Gasteiger partial charge is 0.477 e. The lowest BCUT2D eigenvalue weighted by Crippen LogP contribution is -2.32. The first-order valence-electron chi connectivity index (χ1n) is 5.63. The van der Waals surface area contributed by atoms with Gasteiger partial charge in [-0.15, -0.1) is 11.3 Å². The quantitative estimate of drug-likeness (QED) is 0.910. The molecule has 1 saturated heterocycles. The molecule has 1 unspecified atom stereocenters. The number of hydrogen-bond donors (Lipinski definition) is 1. The van der Waals surface area contributed by atoms with E-state index in [1.165, 1.54) is 11.3 Å². The van der Waals surface area contributed by atoms with E-state index in [1.54, 1.807) is 7.11 Å². The molecule has 0 spiro atoms. The van der Waals surface area contributed by atoms with Crippen molar-refractivity contribution < 1.29 is 14.6 Å². The highest BCUT2D eigenvalue weighted by Gasteiger charge is 2.27. The summed E-state index contributed by atoms with van der Waals surface area (Å²) in [6, 6.07) is 0.220. The SMILES string of the molecule is COCc1nc(C2CSCCN2C)sc1C(=O)O. The molecule has 2 rings (SSSR count). The minimum absolute atomic E-state index is 0.220. The van der Waals surface area contributed by atoms with Crippen LogP contribution in [0.1, 0.15) is 26.4 Å². The van der Waals surface area contributed by atoms with Gasteiger partial charge in [-0.1, -0.05) is 0 Å². The lowest BCUT2D eigenvalue weighted by atomic mass is 10.3. The molecule has 1 atom stereocenters. The summed E-state index contributed by atoms with van der Waals surface area (Å²) in [7, 11) is 3.61. The van der Waals surface area contributed by atoms with E-state index in [2.05, 4.69) is 16.9 Å². The Kier molecular flexibility index (Phi) is 4.60. The van der Waals surface area contributed by atoms with Gasteiger partial charge in [0.2, 0.25) is 0 Å². The zero-order chi connectivity index (χ0) is 13.1. The molecular weight excluding hydrogens is 272 g/mol. The number of carboxylic acid groups (broad SMARTS) is 1. The predicted molar refractivity (Wildman–Crippen MR) is 72.5 cm³/mol. The summed E-state index contributed by atoms with van der Waals surface area (Å²) in [5.74, 6) is 1.17. The van der Waals surface area contributed by atoms with Crippen LogP contribution < -0.4 is 0 Å². The summed E-state index contributed by atoms with van der Waals surface area (Å²) < 4.78 is 5.01. The average Bonchev–Trinajstić information content (AvgIpc) is 2.74. The van der Waals surface area contributed by atoms with Crippen LogP contribution in [-0.2, 0) is 11.3 Å². The van der Waals surface area contributed by atoms with Gasteiger partial charge in [-0.25, -0.2) is 9.78 Å². The van der Waals surface area contributed by atoms with Gasteiger partial charge >= 0.3 is 5.97 Å². The van der Waals surface area contributed by atoms with Crippen molar-refractivity contribution in [2.45, 2.75) is 12.6 Å². The van der Waals surface area contributed by atoms with Crippen LogP contribution in [0.3, 0.4) is 0 Å². The fraction of sp³-hybridized carbons (Fsp3) is 0.636. The van der Waals surface area contributed by atoms with Crippen LogP contribution in [0.5, 0.6) is 0 Å². The van der Waals surface area contributed by atoms with Gasteiger partial charge in [0.15, 0.2) is 0 Å². The van der Waals surface area contributed by atoms with E-state index in [0.29, 0.717) is 10.6 Å². The molecular formula is C11H16N2O3S2. The number of thiazole rings is 1. The Morgan fingerprint density at radius 3 is 3.06 bits per heavy atom. The minimum atomic E-state index is -0.920. The molecule has 0 radical (unpaired) electrons. The molecule has 0 aromatic carbocycles. The Balaban J connectivity index is 2.27. The molecule has 0 amide bonds. The fourth-order valence-corrected chi connectivity index (χ4v) is 4.26. The van der Waals surface area contributed by atoms with E-state index in [0.717, 1.165) is 23.1 Å². The van der Waals surface area contributed by atoms with Crippen molar-refractivity contribution in [2.75, 3.05) is 32.2 Å². The van der Waals surface area contributed by atoms with Crippen molar-refractivity contribution in [2.24, 2.45) is 0 Å². The number of thioether (sulfide) groups is 1. The van der Waals surface area contributed by atoms with Crippen LogP contribution in [0.2, 0.25) is 0 Å². The highest BCUT2D eigenvalue weighted by atomic mass is 32.2. The average molecular weight is 288 g/mol. The van der Waals surface area contributed by atoms with E-state index < -0.39 is 5.97 Å². The van der Waals surface area contributed by atoms with Crippen molar-refractivity contribution >= 4 is 29.1 Å². The number of carboxylic acids is 1. The monoisotopic (exact) mass is 288 g/mol. The van der Waals surface area contributed by atoms with Crippen LogP contribution >= 0.6 is 23.1 Å². The van der Waals surface area contributed by atoms with Gasteiger partial charge in [-0.2, -0.15) is 11.8 Å². The lowest BCUT2D eigenvalue weighted by Gasteiger charge is -2.30. The second-order valence-electron chi connectivity index (χ2n) is 4.14. The molecule has 5 nitrogen and oxygen atoms in total. The highest BCUT2D eigenvalue weighted by Crippen LogP contribution is 2.32. The minimum Gasteiger partial charge on any atom is -0.477 e. The molecule has 1 N–H and O–H groups in total. The topological polar surface area (TPSA) is 62.7 Å². The molecule has 18 heavy (non-hydrogen) atoms. The first-order chi connectivity index (χ1) is 8.63. The molecule has 7 heteroatoms. The molecule has 1 aliphatic heterocycles. The number of nitrogens with zero attached hydrogens (tertiary/aromatic N) is 2. The normalized spacial score (nSPS) is 21.1. The summed E-state index contributed by atoms with van der Waals surface area (Å²) in [6.07, 6.45) is 0. The number of methoxy groups -OCH3 is 1. The molecule has 0 saturated carbocycles. The summed E-state index contributed by atoms with van der Waals surface area (Å²) in [5.41, 5.74) is 0.536. The zero-order valence-corrected chi connectivity index (χ0v) is 12.0. The van der Waals surface area contributed by atoms with E-state index in [4.69, 9.17) is 9.84 Å². The molecule has 0 bridgehead atoms. The van der Waals surface area contributed by atoms with Gasteiger partial charge in [0, 0.05) is 25.2 Å². The van der Waals surface area contributed by atoms with Crippen LogP contribution in [0, 0.1) is 0 Å². The van der Waals surface area contributed by atoms with E-state index in [1.807, 2.05) is 11.8 Å². The van der Waals surface area contributed by atoms with Crippen LogP contribution in [0.15, 0.2) is 0 Å². The number of aromatic carboxylic acids is 1. The first kappa shape index (κ1) is 13.8. The van der Waals surface area contributed by atoms with Crippen molar-refractivity contribution in [3.63, 3.8) is 0 Å². The zero-order valence-electron chi connectivity index (χ0n) is 10.4. The number of rotatable bonds is 4. The Labute approximate surface area is 114 Å².